The topological polar surface area (TPSA) is 95.9 Å². The number of aliphatic hydroxyl groups excluding tert-OH is 2. The third-order valence-electron chi connectivity index (χ3n) is 17.1. The molecule has 6 heteroatoms. The van der Waals surface area contributed by atoms with E-state index in [9.17, 15) is 19.8 Å². The lowest BCUT2D eigenvalue weighted by Crippen LogP contribution is -2.45. The molecule has 1 amide bonds. The van der Waals surface area contributed by atoms with Gasteiger partial charge in [0, 0.05) is 12.8 Å². The van der Waals surface area contributed by atoms with E-state index in [0.29, 0.717) is 19.4 Å². The molecule has 0 spiro atoms. The zero-order valence-corrected chi connectivity index (χ0v) is 54.8. The zero-order chi connectivity index (χ0) is 58.5. The fraction of sp³-hybridized carbons (Fsp3) is 0.893. The number of carbonyl (C=O) groups excluding carboxylic acids is 2. The number of allylic oxidation sites excluding steroid dienone is 5. The molecular weight excluding hydrogens is 995 g/mol. The number of nitrogens with one attached hydrogen (secondary N) is 1. The standard InChI is InChI=1S/C75H143NO5/c1-3-5-7-9-11-13-15-17-19-21-22-23-24-27-30-33-36-39-43-47-51-55-59-63-67-73(78)72(71-77)76-74(79)68-64-60-56-52-48-44-40-37-34-31-28-25-26-29-32-35-38-42-46-50-54-58-62-66-70-81-75(80)69-65-61-57-53-49-45-41-20-18-16-14-12-10-8-6-4-2/h20,28,31,41,63,67,72-73,77-78H,3-19,21-27,29-30,32-40,42-62,64-66,68-71H2,1-2H3,(H,76,79)/b31-28-,41-20-,67-63+. The lowest BCUT2D eigenvalue weighted by atomic mass is 10.0. The van der Waals surface area contributed by atoms with Crippen molar-refractivity contribution in [2.45, 2.75) is 418 Å². The maximum atomic E-state index is 12.5. The van der Waals surface area contributed by atoms with E-state index in [4.69, 9.17) is 4.74 Å². The summed E-state index contributed by atoms with van der Waals surface area (Å²) in [6.45, 7) is 4.93. The zero-order valence-electron chi connectivity index (χ0n) is 54.8. The molecule has 478 valence electrons. The first kappa shape index (κ1) is 79.1. The molecule has 0 aliphatic carbocycles. The van der Waals surface area contributed by atoms with E-state index in [1.807, 2.05) is 6.08 Å². The number of ether oxygens (including phenoxy) is 1. The molecule has 0 bridgehead atoms. The van der Waals surface area contributed by atoms with Crippen LogP contribution in [-0.4, -0.2) is 47.4 Å². The maximum Gasteiger partial charge on any atom is 0.305 e. The largest absolute Gasteiger partial charge is 0.466 e. The molecule has 81 heavy (non-hydrogen) atoms. The van der Waals surface area contributed by atoms with Crippen LogP contribution < -0.4 is 5.32 Å². The third-order valence-corrected chi connectivity index (χ3v) is 17.1. The average Bonchev–Trinajstić information content (AvgIpc) is 3.47. The van der Waals surface area contributed by atoms with Crippen molar-refractivity contribution >= 4 is 11.9 Å². The quantitative estimate of drug-likeness (QED) is 0.0320. The molecule has 0 aromatic carbocycles. The minimum atomic E-state index is -0.849. The van der Waals surface area contributed by atoms with Gasteiger partial charge >= 0.3 is 5.97 Å². The Bertz CT molecular complexity index is 1310. The molecule has 2 atom stereocenters. The second-order valence-electron chi connectivity index (χ2n) is 25.3. The second kappa shape index (κ2) is 70.6. The number of esters is 1. The second-order valence-corrected chi connectivity index (χ2v) is 25.3. The van der Waals surface area contributed by atoms with Gasteiger partial charge in [0.15, 0.2) is 0 Å². The van der Waals surface area contributed by atoms with Crippen molar-refractivity contribution in [2.24, 2.45) is 0 Å². The van der Waals surface area contributed by atoms with Crippen molar-refractivity contribution in [1.82, 2.24) is 5.32 Å². The van der Waals surface area contributed by atoms with Crippen LogP contribution in [0.1, 0.15) is 406 Å². The van der Waals surface area contributed by atoms with Crippen LogP contribution in [0.25, 0.3) is 0 Å². The lowest BCUT2D eigenvalue weighted by Gasteiger charge is -2.20. The number of amides is 1. The predicted molar refractivity (Wildman–Crippen MR) is 356 cm³/mol. The summed E-state index contributed by atoms with van der Waals surface area (Å²) in [5.74, 6) is -0.0631. The van der Waals surface area contributed by atoms with E-state index in [1.54, 1.807) is 6.08 Å². The van der Waals surface area contributed by atoms with Crippen molar-refractivity contribution in [3.05, 3.63) is 36.5 Å². The molecule has 0 saturated heterocycles. The first-order valence-electron chi connectivity index (χ1n) is 36.8. The van der Waals surface area contributed by atoms with Crippen LogP contribution in [0.15, 0.2) is 36.5 Å². The van der Waals surface area contributed by atoms with Gasteiger partial charge in [-0.2, -0.15) is 0 Å². The number of carbonyl (C=O) groups is 2. The van der Waals surface area contributed by atoms with Gasteiger partial charge < -0.3 is 20.3 Å². The number of rotatable bonds is 69. The van der Waals surface area contributed by atoms with E-state index < -0.39 is 12.1 Å². The Balaban J connectivity index is 3.43. The van der Waals surface area contributed by atoms with E-state index in [-0.39, 0.29) is 18.5 Å². The van der Waals surface area contributed by atoms with Gasteiger partial charge in [-0.25, -0.2) is 0 Å². The fourth-order valence-electron chi connectivity index (χ4n) is 11.5. The summed E-state index contributed by atoms with van der Waals surface area (Å²) in [7, 11) is 0. The van der Waals surface area contributed by atoms with Crippen LogP contribution in [-0.2, 0) is 14.3 Å². The molecular formula is C75H143NO5. The molecule has 0 aliphatic heterocycles. The molecule has 0 aliphatic rings. The number of hydrogen-bond donors (Lipinski definition) is 3. The van der Waals surface area contributed by atoms with Crippen molar-refractivity contribution in [2.75, 3.05) is 13.2 Å². The Hall–Kier alpha value is -1.92. The molecule has 0 fully saturated rings. The number of unbranched alkanes of at least 4 members (excludes halogenated alkanes) is 54. The summed E-state index contributed by atoms with van der Waals surface area (Å²) in [6, 6.07) is -0.633. The van der Waals surface area contributed by atoms with Crippen LogP contribution >= 0.6 is 0 Å². The van der Waals surface area contributed by atoms with E-state index in [1.165, 1.54) is 334 Å². The fourth-order valence-corrected chi connectivity index (χ4v) is 11.5. The Kier molecular flexibility index (Phi) is 68.9. The van der Waals surface area contributed by atoms with Crippen LogP contribution in [0.5, 0.6) is 0 Å². The van der Waals surface area contributed by atoms with Crippen LogP contribution in [0.3, 0.4) is 0 Å². The summed E-state index contributed by atoms with van der Waals surface area (Å²) >= 11 is 0. The van der Waals surface area contributed by atoms with Gasteiger partial charge in [0.2, 0.25) is 5.91 Å². The first-order valence-corrected chi connectivity index (χ1v) is 36.8. The lowest BCUT2D eigenvalue weighted by molar-refractivity contribution is -0.143. The van der Waals surface area contributed by atoms with Gasteiger partial charge in [0.1, 0.15) is 0 Å². The van der Waals surface area contributed by atoms with Gasteiger partial charge in [-0.15, -0.1) is 0 Å². The molecule has 0 saturated carbocycles. The highest BCUT2D eigenvalue weighted by Crippen LogP contribution is 2.19. The van der Waals surface area contributed by atoms with Crippen LogP contribution in [0.4, 0.5) is 0 Å². The Morgan fingerprint density at radius 2 is 0.580 bits per heavy atom. The van der Waals surface area contributed by atoms with Crippen molar-refractivity contribution in [1.29, 1.82) is 0 Å². The molecule has 0 radical (unpaired) electrons. The van der Waals surface area contributed by atoms with Crippen molar-refractivity contribution in [3.8, 4) is 0 Å². The highest BCUT2D eigenvalue weighted by molar-refractivity contribution is 5.76. The predicted octanol–water partition coefficient (Wildman–Crippen LogP) is 23.9. The van der Waals surface area contributed by atoms with Crippen LogP contribution in [0.2, 0.25) is 0 Å². The molecule has 0 aromatic rings. The highest BCUT2D eigenvalue weighted by atomic mass is 16.5. The molecule has 2 unspecified atom stereocenters. The maximum absolute atomic E-state index is 12.5. The number of aliphatic hydroxyl groups is 2. The third kappa shape index (κ3) is 67.1. The summed E-state index contributed by atoms with van der Waals surface area (Å²) < 4.78 is 5.49. The molecule has 3 N–H and O–H groups in total. The van der Waals surface area contributed by atoms with Gasteiger partial charge in [-0.3, -0.25) is 9.59 Å². The SMILES string of the molecule is CCCCCCCCC/C=C\CCCCCCCC(=O)OCCCCCCCCCCCCCC/C=C\CCCCCCCCCCC(=O)NC(CO)C(O)/C=C/CCCCCCCCCCCCCCCCCCCCCCCC. The molecule has 0 rings (SSSR count). The van der Waals surface area contributed by atoms with E-state index in [0.717, 1.165) is 44.9 Å². The average molecular weight is 1140 g/mol. The number of hydrogen-bond acceptors (Lipinski definition) is 5. The van der Waals surface area contributed by atoms with Crippen molar-refractivity contribution in [3.63, 3.8) is 0 Å². The summed E-state index contributed by atoms with van der Waals surface area (Å²) in [4.78, 5) is 24.6. The first-order chi connectivity index (χ1) is 40.0. The van der Waals surface area contributed by atoms with Crippen LogP contribution in [0, 0.1) is 0 Å². The van der Waals surface area contributed by atoms with E-state index >= 15 is 0 Å². The van der Waals surface area contributed by atoms with Crippen molar-refractivity contribution < 1.29 is 24.5 Å². The Morgan fingerprint density at radius 1 is 0.333 bits per heavy atom. The minimum absolute atomic E-state index is 0.00535. The summed E-state index contributed by atoms with van der Waals surface area (Å²) in [5, 5.41) is 23.3. The van der Waals surface area contributed by atoms with Gasteiger partial charge in [0.05, 0.1) is 25.4 Å². The Morgan fingerprint density at radius 3 is 0.877 bits per heavy atom. The summed E-state index contributed by atoms with van der Waals surface area (Å²) in [5.41, 5.74) is 0. The van der Waals surface area contributed by atoms with E-state index in [2.05, 4.69) is 43.5 Å². The molecule has 0 aromatic heterocycles. The van der Waals surface area contributed by atoms with Gasteiger partial charge in [-0.1, -0.05) is 346 Å². The Labute approximate surface area is 506 Å². The molecule has 0 heterocycles. The monoisotopic (exact) mass is 1140 g/mol. The van der Waals surface area contributed by atoms with Gasteiger partial charge in [0.25, 0.3) is 0 Å². The minimum Gasteiger partial charge on any atom is -0.466 e. The van der Waals surface area contributed by atoms with Gasteiger partial charge in [-0.05, 0) is 83.5 Å². The smallest absolute Gasteiger partial charge is 0.305 e. The summed E-state index contributed by atoms with van der Waals surface area (Å²) in [6.07, 6.45) is 90.9. The normalized spacial score (nSPS) is 12.7. The highest BCUT2D eigenvalue weighted by Gasteiger charge is 2.18. The molecule has 6 nitrogen and oxygen atoms in total.